The van der Waals surface area contributed by atoms with Crippen LogP contribution in [0.2, 0.25) is 0 Å². The summed E-state index contributed by atoms with van der Waals surface area (Å²) in [5.41, 5.74) is 5.42. The predicted molar refractivity (Wildman–Crippen MR) is 35.1 cm³/mol. The van der Waals surface area contributed by atoms with E-state index < -0.39 is 0 Å². The van der Waals surface area contributed by atoms with Gasteiger partial charge in [0.15, 0.2) is 0 Å². The molecule has 9 heavy (non-hydrogen) atoms. The van der Waals surface area contributed by atoms with Crippen molar-refractivity contribution in [2.24, 2.45) is 5.73 Å². The molecule has 1 aromatic rings. The molecule has 2 N–H and O–H groups in total. The van der Waals surface area contributed by atoms with E-state index in [0.29, 0.717) is 0 Å². The first-order chi connectivity index (χ1) is 4.43. The van der Waals surface area contributed by atoms with Gasteiger partial charge < -0.3 is 0 Å². The molecule has 0 heterocycles. The molecule has 1 nitrogen and oxygen atoms in total. The van der Waals surface area contributed by atoms with E-state index in [-0.39, 0.29) is 35.9 Å². The van der Waals surface area contributed by atoms with Crippen LogP contribution in [0, 0.1) is 35.9 Å². The molecule has 0 radical (unpaired) electrons. The minimum absolute atomic E-state index is 0.123. The van der Waals surface area contributed by atoms with Crippen LogP contribution in [0.3, 0.4) is 0 Å². The molecule has 2 heteroatoms. The van der Waals surface area contributed by atoms with Crippen molar-refractivity contribution in [2.75, 3.05) is 2.32 Å². The van der Waals surface area contributed by atoms with Crippen LogP contribution in [0.25, 0.3) is 0 Å². The zero-order valence-electron chi connectivity index (χ0n) is 5.02. The van der Waals surface area contributed by atoms with Crippen molar-refractivity contribution in [3.8, 4) is 0 Å². The van der Waals surface area contributed by atoms with Gasteiger partial charge in [0.2, 0.25) is 0 Å². The van der Waals surface area contributed by atoms with Gasteiger partial charge in [-0.15, -0.1) is 0 Å². The molecule has 50 valence electrons. The summed E-state index contributed by atoms with van der Waals surface area (Å²) in [6.45, 7) is 0. The molecular formula is C7H9GdN. The van der Waals surface area contributed by atoms with Crippen LogP contribution in [-0.4, -0.2) is 2.32 Å². The zero-order valence-corrected chi connectivity index (χ0v) is 7.29. The topological polar surface area (TPSA) is 26.0 Å². The van der Waals surface area contributed by atoms with Crippen LogP contribution in [0.5, 0.6) is 0 Å². The molecule has 0 saturated heterocycles. The van der Waals surface area contributed by atoms with Gasteiger partial charge in [-0.05, 0) is 0 Å². The van der Waals surface area contributed by atoms with Crippen molar-refractivity contribution >= 4 is 1.34 Å². The van der Waals surface area contributed by atoms with Crippen molar-refractivity contribution in [2.45, 2.75) is 0 Å². The number of hydrogen-bond acceptors (Lipinski definition) is 1. The zero-order chi connectivity index (χ0) is 6.53. The molecule has 0 bridgehead atoms. The summed E-state index contributed by atoms with van der Waals surface area (Å²) in [6.07, 6.45) is 0. The van der Waals surface area contributed by atoms with Crippen LogP contribution < -0.4 is 7.08 Å². The Kier molecular flexibility index (Phi) is 3.67. The Bertz CT molecular complexity index is 162. The first-order valence-electron chi connectivity index (χ1n) is 2.75. The fourth-order valence-electron chi connectivity index (χ4n) is 0.577. The molecule has 0 spiro atoms. The number of nitrogens with two attached hydrogens (primary N) is 1. The normalized spacial score (nSPS) is 9.89. The maximum atomic E-state index is 5.42. The molecule has 0 unspecified atom stereocenters. The van der Waals surface area contributed by atoms with E-state index in [2.05, 4.69) is 24.3 Å². The Morgan fingerprint density at radius 2 is 1.89 bits per heavy atom. The maximum absolute atomic E-state index is 5.42. The Morgan fingerprint density at radius 3 is 2.44 bits per heavy atom. The Hall–Kier alpha value is 0.505. The summed E-state index contributed by atoms with van der Waals surface area (Å²) in [5, 5.41) is 0. The molecule has 0 atom stereocenters. The van der Waals surface area contributed by atoms with E-state index in [0.717, 1.165) is 2.32 Å². The molecule has 0 saturated carbocycles. The average Bonchev–Trinajstić information content (AvgIpc) is 1.91. The average molecular weight is 264 g/mol. The second kappa shape index (κ2) is 4.34. The van der Waals surface area contributed by atoms with Gasteiger partial charge in [-0.3, -0.25) is 0 Å². The van der Waals surface area contributed by atoms with E-state index >= 15 is 0 Å². The molecule has 0 aromatic heterocycles. The summed E-state index contributed by atoms with van der Waals surface area (Å²) in [5.74, 6) is 0. The summed E-state index contributed by atoms with van der Waals surface area (Å²) < 4.78 is 2.34. The van der Waals surface area contributed by atoms with Crippen LogP contribution in [0.4, 0.5) is 0 Å². The second-order valence-corrected chi connectivity index (χ2v) is 4.59. The van der Waals surface area contributed by atoms with Crippen LogP contribution in [0.15, 0.2) is 30.3 Å². The number of hydrogen-bond donors (Lipinski definition) is 1. The Balaban J connectivity index is 2.61. The van der Waals surface area contributed by atoms with Crippen LogP contribution in [0.1, 0.15) is 0 Å². The van der Waals surface area contributed by atoms with E-state index in [1.54, 1.807) is 0 Å². The summed E-state index contributed by atoms with van der Waals surface area (Å²) in [7, 11) is 0. The molecule has 1 aromatic carbocycles. The monoisotopic (exact) mass is 265 g/mol. The minimum atomic E-state index is -0.123. The summed E-state index contributed by atoms with van der Waals surface area (Å²) in [4.78, 5) is 0. The number of rotatable bonds is 2. The van der Waals surface area contributed by atoms with E-state index in [1.165, 1.54) is 1.34 Å². The first kappa shape index (κ1) is 7.61. The van der Waals surface area contributed by atoms with Crippen LogP contribution >= 0.6 is 0 Å². The third-order valence-electron chi connectivity index (χ3n) is 0.941. The van der Waals surface area contributed by atoms with Crippen molar-refractivity contribution in [1.29, 1.82) is 0 Å². The van der Waals surface area contributed by atoms with Crippen LogP contribution in [-0.2, 0) is 0 Å². The standard InChI is InChI=1S/C6H5.CH4N.Gd/c1-2-4-6-5-3-1;1-2;/h1-5H;1-2H2;. The van der Waals surface area contributed by atoms with Gasteiger partial charge in [0.05, 0.1) is 0 Å². The molecule has 0 aliphatic rings. The Morgan fingerprint density at radius 1 is 1.22 bits per heavy atom. The molecule has 1 rings (SSSR count). The fourth-order valence-corrected chi connectivity index (χ4v) is 2.08. The van der Waals surface area contributed by atoms with E-state index in [4.69, 9.17) is 5.73 Å². The molecular weight excluding hydrogens is 255 g/mol. The fraction of sp³-hybridized carbons (Fsp3) is 0.143. The third-order valence-corrected chi connectivity index (χ3v) is 3.09. The molecule has 0 fully saturated rings. The summed E-state index contributed by atoms with van der Waals surface area (Å²) >= 11 is -0.123. The number of benzene rings is 1. The van der Waals surface area contributed by atoms with Crippen molar-refractivity contribution in [1.82, 2.24) is 0 Å². The molecule has 0 aliphatic heterocycles. The van der Waals surface area contributed by atoms with Gasteiger partial charge in [-0.2, -0.15) is 0 Å². The first-order valence-corrected chi connectivity index (χ1v) is 5.48. The van der Waals surface area contributed by atoms with Gasteiger partial charge >= 0.3 is 75.6 Å². The molecule has 0 amide bonds. The van der Waals surface area contributed by atoms with Crippen molar-refractivity contribution in [3.05, 3.63) is 30.3 Å². The Labute approximate surface area is 74.8 Å². The summed E-state index contributed by atoms with van der Waals surface area (Å²) in [6, 6.07) is 10.5. The predicted octanol–water partition coefficient (Wildman–Crippen LogP) is 0.313. The van der Waals surface area contributed by atoms with Gasteiger partial charge in [-0.25, -0.2) is 0 Å². The van der Waals surface area contributed by atoms with Crippen molar-refractivity contribution < 1.29 is 35.9 Å². The van der Waals surface area contributed by atoms with Gasteiger partial charge in [0.25, 0.3) is 0 Å². The van der Waals surface area contributed by atoms with E-state index in [1.807, 2.05) is 6.07 Å². The van der Waals surface area contributed by atoms with Gasteiger partial charge in [0.1, 0.15) is 0 Å². The van der Waals surface area contributed by atoms with Crippen molar-refractivity contribution in [3.63, 3.8) is 0 Å². The quantitative estimate of drug-likeness (QED) is 0.818. The second-order valence-electron chi connectivity index (χ2n) is 1.55. The third kappa shape index (κ3) is 2.72. The van der Waals surface area contributed by atoms with Gasteiger partial charge in [0, 0.05) is 0 Å². The molecule has 0 aliphatic carbocycles. The van der Waals surface area contributed by atoms with E-state index in [9.17, 15) is 0 Å². The van der Waals surface area contributed by atoms with Gasteiger partial charge in [-0.1, -0.05) is 0 Å². The SMILES string of the molecule is N[CH2][Gd][c]1ccccc1.